The number of methoxy groups -OCH3 is 5. The Morgan fingerprint density at radius 1 is 0.973 bits per heavy atom. The lowest BCUT2D eigenvalue weighted by Gasteiger charge is -2.35. The van der Waals surface area contributed by atoms with Gasteiger partial charge in [0.2, 0.25) is 0 Å². The second-order valence-electron chi connectivity index (χ2n) is 9.04. The number of rotatable bonds is 8. The first-order valence-electron chi connectivity index (χ1n) is 12.1. The van der Waals surface area contributed by atoms with E-state index < -0.39 is 5.97 Å². The molecule has 0 amide bonds. The summed E-state index contributed by atoms with van der Waals surface area (Å²) in [5.74, 6) is 2.05. The number of aliphatic hydroxyl groups is 1. The Hall–Kier alpha value is -3.56. The van der Waals surface area contributed by atoms with Crippen LogP contribution in [0.1, 0.15) is 56.9 Å². The Morgan fingerprint density at radius 2 is 1.68 bits per heavy atom. The van der Waals surface area contributed by atoms with Crippen molar-refractivity contribution in [3.63, 3.8) is 0 Å². The van der Waals surface area contributed by atoms with Crippen LogP contribution in [0.15, 0.2) is 18.2 Å². The molecule has 0 fully saturated rings. The van der Waals surface area contributed by atoms with E-state index in [-0.39, 0.29) is 24.4 Å². The highest BCUT2D eigenvalue weighted by atomic mass is 16.5. The van der Waals surface area contributed by atoms with E-state index in [1.54, 1.807) is 34.5 Å². The first-order valence-corrected chi connectivity index (χ1v) is 12.1. The number of fused-ring (bicyclic) bond motifs is 2. The standard InChI is InChI=1S/C28H34N2O7/c1-14-10-16-11-20(29-19(8-9-31)23(16)27(36-6)25(14)34-4)24-17-13-22(33-3)15(2)26(35-5)18(17)12-21(30-24)28(32)37-7/h10,12-13,19-20,29,31H,8-9,11H2,1-7H3/t19-,20-/m0/s1. The lowest BCUT2D eigenvalue weighted by molar-refractivity contribution is 0.0594. The van der Waals surface area contributed by atoms with Gasteiger partial charge in [-0.2, -0.15) is 0 Å². The average molecular weight is 511 g/mol. The molecular formula is C28H34N2O7. The molecule has 0 saturated carbocycles. The summed E-state index contributed by atoms with van der Waals surface area (Å²) in [4.78, 5) is 17.4. The minimum atomic E-state index is -0.538. The zero-order valence-corrected chi connectivity index (χ0v) is 22.4. The van der Waals surface area contributed by atoms with Crippen molar-refractivity contribution in [3.05, 3.63) is 51.8 Å². The topological polar surface area (TPSA) is 108 Å². The van der Waals surface area contributed by atoms with Crippen LogP contribution in [0.3, 0.4) is 0 Å². The zero-order valence-electron chi connectivity index (χ0n) is 22.4. The second-order valence-corrected chi connectivity index (χ2v) is 9.04. The summed E-state index contributed by atoms with van der Waals surface area (Å²) in [6.45, 7) is 3.86. The predicted octanol–water partition coefficient (Wildman–Crippen LogP) is 3.98. The van der Waals surface area contributed by atoms with E-state index in [2.05, 4.69) is 11.4 Å². The molecule has 0 aliphatic carbocycles. The molecule has 0 radical (unpaired) electrons. The Balaban J connectivity index is 1.99. The molecule has 3 aromatic rings. The Kier molecular flexibility index (Phi) is 7.75. The number of ether oxygens (including phenoxy) is 5. The SMILES string of the molecule is COC(=O)c1cc2c(OC)c(C)c(OC)cc2c([C@@H]2Cc3cc(C)c(OC)c(OC)c3[C@H](CCO)N2)n1. The number of aryl methyl sites for hydroxylation is 1. The van der Waals surface area contributed by atoms with Crippen molar-refractivity contribution in [2.24, 2.45) is 0 Å². The van der Waals surface area contributed by atoms with Crippen molar-refractivity contribution in [2.75, 3.05) is 42.2 Å². The Labute approximate surface area is 216 Å². The van der Waals surface area contributed by atoms with Gasteiger partial charge in [-0.25, -0.2) is 9.78 Å². The largest absolute Gasteiger partial charge is 0.496 e. The highest BCUT2D eigenvalue weighted by Gasteiger charge is 2.34. The van der Waals surface area contributed by atoms with Crippen LogP contribution in [0.4, 0.5) is 0 Å². The summed E-state index contributed by atoms with van der Waals surface area (Å²) < 4.78 is 27.8. The Morgan fingerprint density at radius 3 is 2.27 bits per heavy atom. The van der Waals surface area contributed by atoms with Gasteiger partial charge in [0.1, 0.15) is 17.2 Å². The molecule has 2 heterocycles. The molecule has 198 valence electrons. The maximum atomic E-state index is 12.6. The van der Waals surface area contributed by atoms with Crippen LogP contribution in [-0.4, -0.2) is 58.2 Å². The second kappa shape index (κ2) is 10.8. The maximum Gasteiger partial charge on any atom is 0.356 e. The van der Waals surface area contributed by atoms with Gasteiger partial charge < -0.3 is 34.1 Å². The van der Waals surface area contributed by atoms with Gasteiger partial charge in [0, 0.05) is 34.5 Å². The van der Waals surface area contributed by atoms with Gasteiger partial charge in [0.15, 0.2) is 11.5 Å². The summed E-state index contributed by atoms with van der Waals surface area (Å²) in [6, 6.07) is 5.18. The lowest BCUT2D eigenvalue weighted by atomic mass is 9.84. The number of hydrogen-bond donors (Lipinski definition) is 2. The van der Waals surface area contributed by atoms with Crippen molar-refractivity contribution in [1.82, 2.24) is 10.3 Å². The fraction of sp³-hybridized carbons (Fsp3) is 0.429. The highest BCUT2D eigenvalue weighted by molar-refractivity contribution is 5.98. The molecular weight excluding hydrogens is 476 g/mol. The molecule has 1 aliphatic heterocycles. The minimum Gasteiger partial charge on any atom is -0.496 e. The smallest absolute Gasteiger partial charge is 0.356 e. The molecule has 4 rings (SSSR count). The molecule has 1 aliphatic rings. The molecule has 37 heavy (non-hydrogen) atoms. The van der Waals surface area contributed by atoms with Crippen molar-refractivity contribution in [1.29, 1.82) is 0 Å². The minimum absolute atomic E-state index is 0.0274. The van der Waals surface area contributed by atoms with E-state index in [4.69, 9.17) is 28.7 Å². The first-order chi connectivity index (χ1) is 17.8. The number of aliphatic hydroxyl groups excluding tert-OH is 1. The van der Waals surface area contributed by atoms with Gasteiger partial charge in [-0.15, -0.1) is 0 Å². The van der Waals surface area contributed by atoms with Crippen molar-refractivity contribution < 1.29 is 33.6 Å². The van der Waals surface area contributed by atoms with Gasteiger partial charge in [-0.1, -0.05) is 6.07 Å². The van der Waals surface area contributed by atoms with Gasteiger partial charge in [-0.05, 0) is 49.9 Å². The first kappa shape index (κ1) is 26.5. The predicted molar refractivity (Wildman–Crippen MR) is 139 cm³/mol. The Bertz CT molecular complexity index is 1340. The summed E-state index contributed by atoms with van der Waals surface area (Å²) in [5.41, 5.74) is 4.62. The molecule has 9 nitrogen and oxygen atoms in total. The molecule has 9 heteroatoms. The van der Waals surface area contributed by atoms with E-state index in [9.17, 15) is 9.90 Å². The number of carbonyl (C=O) groups is 1. The summed E-state index contributed by atoms with van der Waals surface area (Å²) >= 11 is 0. The maximum absolute atomic E-state index is 12.6. The van der Waals surface area contributed by atoms with E-state index >= 15 is 0 Å². The molecule has 0 saturated heterocycles. The number of aromatic nitrogens is 1. The molecule has 0 unspecified atom stereocenters. The number of esters is 1. The summed E-state index contributed by atoms with van der Waals surface area (Å²) in [5, 5.41) is 15.1. The highest BCUT2D eigenvalue weighted by Crippen LogP contribution is 2.47. The van der Waals surface area contributed by atoms with Crippen molar-refractivity contribution in [2.45, 2.75) is 38.8 Å². The third-order valence-electron chi connectivity index (χ3n) is 7.01. The number of hydrogen-bond acceptors (Lipinski definition) is 9. The van der Waals surface area contributed by atoms with Gasteiger partial charge in [-0.3, -0.25) is 0 Å². The van der Waals surface area contributed by atoms with Crippen LogP contribution >= 0.6 is 0 Å². The van der Waals surface area contributed by atoms with Crippen LogP contribution < -0.4 is 24.3 Å². The number of nitrogens with one attached hydrogen (secondary N) is 1. The van der Waals surface area contributed by atoms with Crippen LogP contribution in [-0.2, 0) is 11.2 Å². The van der Waals surface area contributed by atoms with Gasteiger partial charge in [0.25, 0.3) is 0 Å². The van der Waals surface area contributed by atoms with Gasteiger partial charge >= 0.3 is 5.97 Å². The molecule has 2 atom stereocenters. The fourth-order valence-corrected chi connectivity index (χ4v) is 5.41. The van der Waals surface area contributed by atoms with Crippen LogP contribution in [0.2, 0.25) is 0 Å². The quantitative estimate of drug-likeness (QED) is 0.435. The van der Waals surface area contributed by atoms with E-state index in [1.807, 2.05) is 19.9 Å². The van der Waals surface area contributed by atoms with Gasteiger partial charge in [0.05, 0.1) is 47.3 Å². The van der Waals surface area contributed by atoms with E-state index in [0.29, 0.717) is 41.5 Å². The number of benzene rings is 2. The third-order valence-corrected chi connectivity index (χ3v) is 7.01. The molecule has 2 N–H and O–H groups in total. The summed E-state index contributed by atoms with van der Waals surface area (Å²) in [6.07, 6.45) is 1.02. The number of pyridine rings is 1. The van der Waals surface area contributed by atoms with Crippen LogP contribution in [0.5, 0.6) is 23.0 Å². The normalized spacial score (nSPS) is 16.8. The zero-order chi connectivity index (χ0) is 26.9. The van der Waals surface area contributed by atoms with Crippen molar-refractivity contribution >= 4 is 16.7 Å². The molecule has 0 bridgehead atoms. The lowest BCUT2D eigenvalue weighted by Crippen LogP contribution is -2.35. The fourth-order valence-electron chi connectivity index (χ4n) is 5.41. The third kappa shape index (κ3) is 4.53. The molecule has 0 spiro atoms. The summed E-state index contributed by atoms with van der Waals surface area (Å²) in [7, 11) is 7.77. The van der Waals surface area contributed by atoms with E-state index in [0.717, 1.165) is 33.0 Å². The molecule has 1 aromatic heterocycles. The van der Waals surface area contributed by atoms with Crippen LogP contribution in [0, 0.1) is 13.8 Å². The van der Waals surface area contributed by atoms with E-state index in [1.165, 1.54) is 7.11 Å². The number of nitrogens with zero attached hydrogens (tertiary/aromatic N) is 1. The monoisotopic (exact) mass is 510 g/mol. The van der Waals surface area contributed by atoms with Crippen molar-refractivity contribution in [3.8, 4) is 23.0 Å². The van der Waals surface area contributed by atoms with Crippen LogP contribution in [0.25, 0.3) is 10.8 Å². The number of carbonyl (C=O) groups excluding carboxylic acids is 1. The average Bonchev–Trinajstić information content (AvgIpc) is 2.90. The molecule has 2 aromatic carbocycles.